The third-order valence-corrected chi connectivity index (χ3v) is 3.48. The SMILES string of the molecule is CC(=O)NCC(=O)N1CCC(O)(COc2cccc(F)c2)C1. The van der Waals surface area contributed by atoms with Crippen LogP contribution in [0.4, 0.5) is 4.39 Å². The van der Waals surface area contributed by atoms with Crippen molar-refractivity contribution in [3.8, 4) is 5.75 Å². The molecule has 1 saturated heterocycles. The lowest BCUT2D eigenvalue weighted by atomic mass is 10.1. The quantitative estimate of drug-likeness (QED) is 0.820. The Morgan fingerprint density at radius 2 is 2.27 bits per heavy atom. The predicted molar refractivity (Wildman–Crippen MR) is 76.7 cm³/mol. The van der Waals surface area contributed by atoms with E-state index < -0.39 is 11.4 Å². The zero-order valence-electron chi connectivity index (χ0n) is 12.3. The molecule has 2 N–H and O–H groups in total. The molecule has 1 aliphatic heterocycles. The first kappa shape index (κ1) is 16.2. The first-order valence-corrected chi connectivity index (χ1v) is 7.01. The highest BCUT2D eigenvalue weighted by Crippen LogP contribution is 2.23. The average Bonchev–Trinajstić information content (AvgIpc) is 2.86. The van der Waals surface area contributed by atoms with Gasteiger partial charge in [-0.3, -0.25) is 9.59 Å². The van der Waals surface area contributed by atoms with Crippen molar-refractivity contribution in [2.45, 2.75) is 18.9 Å². The van der Waals surface area contributed by atoms with Gasteiger partial charge in [0, 0.05) is 19.5 Å². The average molecular weight is 310 g/mol. The Balaban J connectivity index is 1.85. The molecule has 1 heterocycles. The number of hydrogen-bond acceptors (Lipinski definition) is 4. The van der Waals surface area contributed by atoms with Gasteiger partial charge in [-0.15, -0.1) is 0 Å². The minimum absolute atomic E-state index is 0.0274. The summed E-state index contributed by atoms with van der Waals surface area (Å²) in [6.07, 6.45) is 0.369. The zero-order valence-corrected chi connectivity index (χ0v) is 12.3. The summed E-state index contributed by atoms with van der Waals surface area (Å²) < 4.78 is 18.5. The number of aliphatic hydroxyl groups is 1. The molecule has 0 radical (unpaired) electrons. The van der Waals surface area contributed by atoms with Crippen LogP contribution in [0.5, 0.6) is 5.75 Å². The molecular formula is C15H19FN2O4. The molecule has 1 unspecified atom stereocenters. The summed E-state index contributed by atoms with van der Waals surface area (Å²) in [7, 11) is 0. The van der Waals surface area contributed by atoms with E-state index in [1.165, 1.54) is 30.0 Å². The second-order valence-electron chi connectivity index (χ2n) is 5.45. The van der Waals surface area contributed by atoms with Gasteiger partial charge in [0.1, 0.15) is 23.8 Å². The number of carbonyl (C=O) groups is 2. The fourth-order valence-electron chi connectivity index (χ4n) is 2.27. The molecule has 1 atom stereocenters. The summed E-state index contributed by atoms with van der Waals surface area (Å²) in [5.41, 5.74) is -1.17. The Hall–Kier alpha value is -2.15. The molecule has 1 aromatic rings. The normalized spacial score (nSPS) is 20.8. The van der Waals surface area contributed by atoms with Crippen LogP contribution in [-0.4, -0.2) is 53.7 Å². The highest BCUT2D eigenvalue weighted by molar-refractivity contribution is 5.83. The van der Waals surface area contributed by atoms with E-state index in [-0.39, 0.29) is 31.5 Å². The van der Waals surface area contributed by atoms with Gasteiger partial charge in [-0.1, -0.05) is 6.07 Å². The van der Waals surface area contributed by atoms with Crippen LogP contribution in [0.2, 0.25) is 0 Å². The Morgan fingerprint density at radius 3 is 2.95 bits per heavy atom. The van der Waals surface area contributed by atoms with Crippen LogP contribution in [0, 0.1) is 5.82 Å². The molecule has 0 saturated carbocycles. The summed E-state index contributed by atoms with van der Waals surface area (Å²) >= 11 is 0. The van der Waals surface area contributed by atoms with E-state index in [0.29, 0.717) is 18.7 Å². The Bertz CT molecular complexity index is 566. The van der Waals surface area contributed by atoms with Gasteiger partial charge in [0.05, 0.1) is 13.1 Å². The van der Waals surface area contributed by atoms with Crippen molar-refractivity contribution in [3.05, 3.63) is 30.1 Å². The van der Waals surface area contributed by atoms with E-state index in [9.17, 15) is 19.1 Å². The minimum Gasteiger partial charge on any atom is -0.490 e. The Kier molecular flexibility index (Phi) is 4.97. The topological polar surface area (TPSA) is 78.9 Å². The standard InChI is InChI=1S/C15H19FN2O4/c1-11(19)17-8-14(20)18-6-5-15(21,9-18)10-22-13-4-2-3-12(16)7-13/h2-4,7,21H,5-6,8-10H2,1H3,(H,17,19). The molecule has 0 spiro atoms. The van der Waals surface area contributed by atoms with Gasteiger partial charge in [-0.25, -0.2) is 4.39 Å². The molecule has 1 aliphatic rings. The molecule has 0 aromatic heterocycles. The van der Waals surface area contributed by atoms with Gasteiger partial charge in [-0.2, -0.15) is 0 Å². The monoisotopic (exact) mass is 310 g/mol. The third-order valence-electron chi connectivity index (χ3n) is 3.48. The summed E-state index contributed by atoms with van der Waals surface area (Å²) in [4.78, 5) is 24.1. The van der Waals surface area contributed by atoms with Crippen LogP contribution < -0.4 is 10.1 Å². The molecule has 0 bridgehead atoms. The number of likely N-dealkylation sites (tertiary alicyclic amines) is 1. The minimum atomic E-state index is -1.17. The van der Waals surface area contributed by atoms with Crippen molar-refractivity contribution in [1.82, 2.24) is 10.2 Å². The molecule has 0 aliphatic carbocycles. The predicted octanol–water partition coefficient (Wildman–Crippen LogP) is 0.304. The van der Waals surface area contributed by atoms with Crippen LogP contribution in [0.1, 0.15) is 13.3 Å². The molecule has 1 aromatic carbocycles. The summed E-state index contributed by atoms with van der Waals surface area (Å²) in [6, 6.07) is 5.66. The van der Waals surface area contributed by atoms with Crippen molar-refractivity contribution < 1.29 is 23.8 Å². The molecular weight excluding hydrogens is 291 g/mol. The lowest BCUT2D eigenvalue weighted by molar-refractivity contribution is -0.132. The number of nitrogens with one attached hydrogen (secondary N) is 1. The van der Waals surface area contributed by atoms with Crippen LogP contribution >= 0.6 is 0 Å². The highest BCUT2D eigenvalue weighted by atomic mass is 19.1. The molecule has 6 nitrogen and oxygen atoms in total. The van der Waals surface area contributed by atoms with Gasteiger partial charge in [0.25, 0.3) is 0 Å². The van der Waals surface area contributed by atoms with Gasteiger partial charge in [-0.05, 0) is 18.6 Å². The lowest BCUT2D eigenvalue weighted by Crippen LogP contribution is -2.43. The number of amides is 2. The second-order valence-corrected chi connectivity index (χ2v) is 5.45. The first-order chi connectivity index (χ1) is 10.4. The summed E-state index contributed by atoms with van der Waals surface area (Å²) in [5.74, 6) is -0.617. The lowest BCUT2D eigenvalue weighted by Gasteiger charge is -2.23. The number of halogens is 1. The fraction of sp³-hybridized carbons (Fsp3) is 0.467. The van der Waals surface area contributed by atoms with E-state index in [1.54, 1.807) is 6.07 Å². The van der Waals surface area contributed by atoms with Crippen molar-refractivity contribution in [2.75, 3.05) is 26.2 Å². The number of nitrogens with zero attached hydrogens (tertiary/aromatic N) is 1. The maximum absolute atomic E-state index is 13.1. The van der Waals surface area contributed by atoms with Crippen molar-refractivity contribution in [2.24, 2.45) is 0 Å². The number of hydrogen-bond donors (Lipinski definition) is 2. The van der Waals surface area contributed by atoms with E-state index in [4.69, 9.17) is 4.74 Å². The van der Waals surface area contributed by atoms with Crippen molar-refractivity contribution in [3.63, 3.8) is 0 Å². The van der Waals surface area contributed by atoms with E-state index >= 15 is 0 Å². The van der Waals surface area contributed by atoms with E-state index in [0.717, 1.165) is 0 Å². The molecule has 2 amide bonds. The van der Waals surface area contributed by atoms with Gasteiger partial charge >= 0.3 is 0 Å². The molecule has 1 fully saturated rings. The molecule has 120 valence electrons. The number of carbonyl (C=O) groups excluding carboxylic acids is 2. The summed E-state index contributed by atoms with van der Waals surface area (Å²) in [6.45, 7) is 1.74. The molecule has 7 heteroatoms. The van der Waals surface area contributed by atoms with Gasteiger partial charge in [0.2, 0.25) is 11.8 Å². The van der Waals surface area contributed by atoms with E-state index in [2.05, 4.69) is 5.32 Å². The fourth-order valence-corrected chi connectivity index (χ4v) is 2.27. The Morgan fingerprint density at radius 1 is 1.50 bits per heavy atom. The first-order valence-electron chi connectivity index (χ1n) is 7.01. The third kappa shape index (κ3) is 4.42. The van der Waals surface area contributed by atoms with Gasteiger partial charge in [0.15, 0.2) is 0 Å². The maximum Gasteiger partial charge on any atom is 0.242 e. The van der Waals surface area contributed by atoms with Crippen molar-refractivity contribution in [1.29, 1.82) is 0 Å². The smallest absolute Gasteiger partial charge is 0.242 e. The van der Waals surface area contributed by atoms with Crippen molar-refractivity contribution >= 4 is 11.8 Å². The van der Waals surface area contributed by atoms with Crippen LogP contribution in [0.25, 0.3) is 0 Å². The van der Waals surface area contributed by atoms with Gasteiger partial charge < -0.3 is 20.1 Å². The van der Waals surface area contributed by atoms with Crippen LogP contribution in [-0.2, 0) is 9.59 Å². The maximum atomic E-state index is 13.1. The Labute approximate surface area is 127 Å². The number of β-amino-alcohol motifs (C(OH)–C–C–N with tert-alkyl or cyclic N) is 1. The number of rotatable bonds is 5. The highest BCUT2D eigenvalue weighted by Gasteiger charge is 2.38. The number of ether oxygens (including phenoxy) is 1. The molecule has 2 rings (SSSR count). The van der Waals surface area contributed by atoms with E-state index in [1.807, 2.05) is 0 Å². The zero-order chi connectivity index (χ0) is 16.2. The molecule has 22 heavy (non-hydrogen) atoms. The van der Waals surface area contributed by atoms with Crippen LogP contribution in [0.3, 0.4) is 0 Å². The second kappa shape index (κ2) is 6.74. The largest absolute Gasteiger partial charge is 0.490 e. The number of benzene rings is 1. The summed E-state index contributed by atoms with van der Waals surface area (Å²) in [5, 5.41) is 12.8. The van der Waals surface area contributed by atoms with Crippen LogP contribution in [0.15, 0.2) is 24.3 Å².